The summed E-state index contributed by atoms with van der Waals surface area (Å²) in [4.78, 5) is 10.6. The maximum Gasteiger partial charge on any atom is 0.305 e. The number of carboxylic acid groups (broad SMARTS) is 1. The Balaban J connectivity index is 3.03. The number of hydrogen-bond acceptors (Lipinski definition) is 2. The van der Waals surface area contributed by atoms with Crippen LogP contribution in [0, 0.1) is 0 Å². The molecule has 3 nitrogen and oxygen atoms in total. The molecule has 0 aliphatic heterocycles. The minimum atomic E-state index is -0.897. The fourth-order valence-corrected chi connectivity index (χ4v) is 2.07. The highest BCUT2D eigenvalue weighted by Crippen LogP contribution is 2.28. The molecule has 0 aromatic heterocycles. The second-order valence-corrected chi connectivity index (χ2v) is 4.32. The molecule has 0 saturated carbocycles. The zero-order valence-corrected chi connectivity index (χ0v) is 9.41. The lowest BCUT2D eigenvalue weighted by Gasteiger charge is -2.24. The van der Waals surface area contributed by atoms with Gasteiger partial charge in [-0.1, -0.05) is 34.1 Å². The Morgan fingerprint density at radius 1 is 1.57 bits per heavy atom. The summed E-state index contributed by atoms with van der Waals surface area (Å²) in [5.41, 5.74) is 5.90. The molecule has 0 radical (unpaired) electrons. The predicted octanol–water partition coefficient (Wildman–Crippen LogP) is 2.10. The summed E-state index contributed by atoms with van der Waals surface area (Å²) in [6.45, 7) is 1.71. The van der Waals surface area contributed by atoms with E-state index >= 15 is 0 Å². The minimum absolute atomic E-state index is 0.0877. The fourth-order valence-electron chi connectivity index (χ4n) is 1.33. The standard InChI is InChI=1S/C10H12BrNO2/c1-10(12,6-9(13)14)7-4-2-3-5-8(7)11/h2-5H,6,12H2,1H3,(H,13,14)/t10-/m0/s1. The van der Waals surface area contributed by atoms with Crippen molar-refractivity contribution in [3.63, 3.8) is 0 Å². The third-order valence-electron chi connectivity index (χ3n) is 2.01. The molecule has 0 unspecified atom stereocenters. The van der Waals surface area contributed by atoms with E-state index in [0.29, 0.717) is 0 Å². The normalized spacial score (nSPS) is 14.8. The molecule has 14 heavy (non-hydrogen) atoms. The number of nitrogens with two attached hydrogens (primary N) is 1. The fraction of sp³-hybridized carbons (Fsp3) is 0.300. The molecule has 3 N–H and O–H groups in total. The maximum atomic E-state index is 10.6. The van der Waals surface area contributed by atoms with Crippen molar-refractivity contribution < 1.29 is 9.90 Å². The number of halogens is 1. The molecule has 0 saturated heterocycles. The Labute approximate surface area is 91.1 Å². The molecule has 0 spiro atoms. The quantitative estimate of drug-likeness (QED) is 0.872. The lowest BCUT2D eigenvalue weighted by molar-refractivity contribution is -0.138. The van der Waals surface area contributed by atoms with Gasteiger partial charge in [-0.15, -0.1) is 0 Å². The van der Waals surface area contributed by atoms with Crippen LogP contribution in [0.15, 0.2) is 28.7 Å². The van der Waals surface area contributed by atoms with E-state index in [9.17, 15) is 4.79 Å². The second-order valence-electron chi connectivity index (χ2n) is 3.47. The highest BCUT2D eigenvalue weighted by molar-refractivity contribution is 9.10. The summed E-state index contributed by atoms with van der Waals surface area (Å²) in [5.74, 6) is -0.897. The molecule has 4 heteroatoms. The molecule has 1 aromatic carbocycles. The predicted molar refractivity (Wildman–Crippen MR) is 57.9 cm³/mol. The first-order valence-electron chi connectivity index (χ1n) is 4.19. The third-order valence-corrected chi connectivity index (χ3v) is 2.70. The Hall–Kier alpha value is -0.870. The summed E-state index contributed by atoms with van der Waals surface area (Å²) in [7, 11) is 0. The monoisotopic (exact) mass is 257 g/mol. The first kappa shape index (κ1) is 11.2. The maximum absolute atomic E-state index is 10.6. The van der Waals surface area contributed by atoms with Crippen molar-refractivity contribution in [1.29, 1.82) is 0 Å². The van der Waals surface area contributed by atoms with Crippen LogP contribution in [0.2, 0.25) is 0 Å². The summed E-state index contributed by atoms with van der Waals surface area (Å²) in [6, 6.07) is 7.38. The van der Waals surface area contributed by atoms with E-state index in [1.807, 2.05) is 24.3 Å². The lowest BCUT2D eigenvalue weighted by Crippen LogP contribution is -2.35. The average molecular weight is 258 g/mol. The molecular weight excluding hydrogens is 246 g/mol. The van der Waals surface area contributed by atoms with Crippen LogP contribution in [0.5, 0.6) is 0 Å². The van der Waals surface area contributed by atoms with Gasteiger partial charge in [0.25, 0.3) is 0 Å². The van der Waals surface area contributed by atoms with E-state index in [0.717, 1.165) is 10.0 Å². The van der Waals surface area contributed by atoms with Crippen LogP contribution in [0.1, 0.15) is 18.9 Å². The highest BCUT2D eigenvalue weighted by Gasteiger charge is 2.26. The van der Waals surface area contributed by atoms with E-state index in [2.05, 4.69) is 15.9 Å². The van der Waals surface area contributed by atoms with Crippen molar-refractivity contribution >= 4 is 21.9 Å². The number of aliphatic carboxylic acids is 1. The number of rotatable bonds is 3. The summed E-state index contributed by atoms with van der Waals surface area (Å²) < 4.78 is 0.839. The summed E-state index contributed by atoms with van der Waals surface area (Å²) in [5, 5.41) is 8.71. The van der Waals surface area contributed by atoms with Gasteiger partial charge in [0.2, 0.25) is 0 Å². The van der Waals surface area contributed by atoms with Crippen LogP contribution in [0.4, 0.5) is 0 Å². The van der Waals surface area contributed by atoms with Gasteiger partial charge in [0, 0.05) is 10.0 Å². The van der Waals surface area contributed by atoms with E-state index in [1.54, 1.807) is 6.92 Å². The van der Waals surface area contributed by atoms with Crippen molar-refractivity contribution in [2.24, 2.45) is 5.73 Å². The molecule has 1 aromatic rings. The van der Waals surface area contributed by atoms with Crippen LogP contribution in [0.3, 0.4) is 0 Å². The smallest absolute Gasteiger partial charge is 0.305 e. The van der Waals surface area contributed by atoms with Gasteiger partial charge in [-0.25, -0.2) is 0 Å². The minimum Gasteiger partial charge on any atom is -0.481 e. The van der Waals surface area contributed by atoms with E-state index in [1.165, 1.54) is 0 Å². The first-order valence-corrected chi connectivity index (χ1v) is 4.98. The molecule has 0 heterocycles. The van der Waals surface area contributed by atoms with Crippen LogP contribution in [-0.2, 0) is 10.3 Å². The van der Waals surface area contributed by atoms with Gasteiger partial charge in [-0.2, -0.15) is 0 Å². The largest absolute Gasteiger partial charge is 0.481 e. The zero-order chi connectivity index (χ0) is 10.8. The Morgan fingerprint density at radius 3 is 2.64 bits per heavy atom. The van der Waals surface area contributed by atoms with Crippen molar-refractivity contribution in [2.75, 3.05) is 0 Å². The van der Waals surface area contributed by atoms with Crippen LogP contribution < -0.4 is 5.73 Å². The van der Waals surface area contributed by atoms with Gasteiger partial charge >= 0.3 is 5.97 Å². The van der Waals surface area contributed by atoms with Crippen LogP contribution >= 0.6 is 15.9 Å². The summed E-state index contributed by atoms with van der Waals surface area (Å²) in [6.07, 6.45) is -0.0877. The third kappa shape index (κ3) is 2.56. The number of carboxylic acids is 1. The topological polar surface area (TPSA) is 63.3 Å². The average Bonchev–Trinajstić information content (AvgIpc) is 2.02. The first-order chi connectivity index (χ1) is 6.43. The zero-order valence-electron chi connectivity index (χ0n) is 7.83. The van der Waals surface area contributed by atoms with Gasteiger partial charge in [-0.3, -0.25) is 4.79 Å². The Bertz CT molecular complexity index is 350. The molecule has 1 atom stereocenters. The van der Waals surface area contributed by atoms with Crippen molar-refractivity contribution in [2.45, 2.75) is 18.9 Å². The number of hydrogen-bond donors (Lipinski definition) is 2. The number of carbonyl (C=O) groups is 1. The van der Waals surface area contributed by atoms with Gasteiger partial charge in [0.1, 0.15) is 0 Å². The van der Waals surface area contributed by atoms with Crippen molar-refractivity contribution in [3.05, 3.63) is 34.3 Å². The van der Waals surface area contributed by atoms with Gasteiger partial charge in [0.15, 0.2) is 0 Å². The van der Waals surface area contributed by atoms with Crippen molar-refractivity contribution in [3.8, 4) is 0 Å². The molecule has 0 bridgehead atoms. The van der Waals surface area contributed by atoms with Gasteiger partial charge in [0.05, 0.1) is 6.42 Å². The SMILES string of the molecule is C[C@](N)(CC(=O)O)c1ccccc1Br. The van der Waals surface area contributed by atoms with Crippen LogP contribution in [-0.4, -0.2) is 11.1 Å². The highest BCUT2D eigenvalue weighted by atomic mass is 79.9. The molecule has 0 amide bonds. The number of benzene rings is 1. The Kier molecular flexibility index (Phi) is 3.29. The Morgan fingerprint density at radius 2 is 2.14 bits per heavy atom. The molecule has 0 aliphatic carbocycles. The van der Waals surface area contributed by atoms with Crippen molar-refractivity contribution in [1.82, 2.24) is 0 Å². The molecule has 0 fully saturated rings. The molecule has 1 rings (SSSR count). The van der Waals surface area contributed by atoms with Gasteiger partial charge < -0.3 is 10.8 Å². The molecule has 0 aliphatic rings. The van der Waals surface area contributed by atoms with Crippen LogP contribution in [0.25, 0.3) is 0 Å². The van der Waals surface area contributed by atoms with E-state index < -0.39 is 11.5 Å². The molecular formula is C10H12BrNO2. The lowest BCUT2D eigenvalue weighted by atomic mass is 9.90. The second kappa shape index (κ2) is 4.11. The summed E-state index contributed by atoms with van der Waals surface area (Å²) >= 11 is 3.35. The van der Waals surface area contributed by atoms with E-state index in [-0.39, 0.29) is 6.42 Å². The molecule has 76 valence electrons. The van der Waals surface area contributed by atoms with Gasteiger partial charge in [-0.05, 0) is 18.6 Å². The van der Waals surface area contributed by atoms with E-state index in [4.69, 9.17) is 10.8 Å².